The number of anilines is 1. The molecule has 0 fully saturated rings. The SMILES string of the molecule is CCOC(=O)c1c(NC(=O)c2ccn(C)n2)sc2c1CC(C)(C)NC2(C)C. The van der Waals surface area contributed by atoms with Crippen molar-refractivity contribution in [1.82, 2.24) is 15.1 Å². The van der Waals surface area contributed by atoms with Gasteiger partial charge in [0.1, 0.15) is 5.00 Å². The highest BCUT2D eigenvalue weighted by Crippen LogP contribution is 2.45. The van der Waals surface area contributed by atoms with Crippen molar-refractivity contribution >= 4 is 28.2 Å². The molecule has 0 saturated carbocycles. The van der Waals surface area contributed by atoms with E-state index >= 15 is 0 Å². The Kier molecular flexibility index (Phi) is 4.90. The zero-order chi connectivity index (χ0) is 20.0. The van der Waals surface area contributed by atoms with E-state index in [0.29, 0.717) is 22.7 Å². The average molecular weight is 391 g/mol. The molecule has 0 saturated heterocycles. The molecule has 7 nitrogen and oxygen atoms in total. The van der Waals surface area contributed by atoms with Crippen LogP contribution in [0.3, 0.4) is 0 Å². The number of aromatic nitrogens is 2. The van der Waals surface area contributed by atoms with Crippen molar-refractivity contribution in [3.63, 3.8) is 0 Å². The Morgan fingerprint density at radius 2 is 2.07 bits per heavy atom. The van der Waals surface area contributed by atoms with E-state index in [1.54, 1.807) is 30.9 Å². The maximum atomic E-state index is 12.7. The van der Waals surface area contributed by atoms with Crippen molar-refractivity contribution in [1.29, 1.82) is 0 Å². The second-order valence-electron chi connectivity index (χ2n) is 7.97. The van der Waals surface area contributed by atoms with Crippen molar-refractivity contribution in [2.75, 3.05) is 11.9 Å². The minimum absolute atomic E-state index is 0.179. The quantitative estimate of drug-likeness (QED) is 0.784. The standard InChI is InChI=1S/C19H26N4O3S/c1-7-26-17(25)13-11-10-18(2,3)22-19(4,5)14(11)27-16(13)20-15(24)12-8-9-23(6)21-12/h8-9,22H,7,10H2,1-6H3,(H,20,24). The molecule has 0 unspecified atom stereocenters. The van der Waals surface area contributed by atoms with Crippen LogP contribution in [-0.4, -0.2) is 33.8 Å². The number of hydrogen-bond acceptors (Lipinski definition) is 6. The van der Waals surface area contributed by atoms with Gasteiger partial charge in [-0.05, 0) is 52.7 Å². The predicted octanol–water partition coefficient (Wildman–Crippen LogP) is 3.07. The molecule has 1 aliphatic rings. The molecule has 0 aromatic carbocycles. The number of nitrogens with zero attached hydrogens (tertiary/aromatic N) is 2. The van der Waals surface area contributed by atoms with E-state index in [0.717, 1.165) is 10.4 Å². The highest BCUT2D eigenvalue weighted by molar-refractivity contribution is 7.17. The van der Waals surface area contributed by atoms with Crippen molar-refractivity contribution in [2.45, 2.75) is 52.1 Å². The minimum atomic E-state index is -0.403. The monoisotopic (exact) mass is 390 g/mol. The van der Waals surface area contributed by atoms with E-state index in [2.05, 4.69) is 43.4 Å². The first-order valence-electron chi connectivity index (χ1n) is 8.97. The maximum Gasteiger partial charge on any atom is 0.341 e. The van der Waals surface area contributed by atoms with Gasteiger partial charge in [-0.2, -0.15) is 5.10 Å². The molecule has 0 bridgehead atoms. The van der Waals surface area contributed by atoms with Crippen LogP contribution in [0.25, 0.3) is 0 Å². The summed E-state index contributed by atoms with van der Waals surface area (Å²) in [6, 6.07) is 1.64. The van der Waals surface area contributed by atoms with Gasteiger partial charge in [-0.25, -0.2) is 4.79 Å². The van der Waals surface area contributed by atoms with Gasteiger partial charge < -0.3 is 15.4 Å². The molecule has 1 aliphatic heterocycles. The van der Waals surface area contributed by atoms with Gasteiger partial charge in [-0.15, -0.1) is 11.3 Å². The molecule has 0 radical (unpaired) electrons. The van der Waals surface area contributed by atoms with Gasteiger partial charge in [-0.3, -0.25) is 9.48 Å². The van der Waals surface area contributed by atoms with Gasteiger partial charge in [0.15, 0.2) is 5.69 Å². The van der Waals surface area contributed by atoms with Crippen LogP contribution in [0.15, 0.2) is 12.3 Å². The van der Waals surface area contributed by atoms with Crippen LogP contribution in [0.4, 0.5) is 5.00 Å². The lowest BCUT2D eigenvalue weighted by atomic mass is 9.81. The number of carbonyl (C=O) groups excluding carboxylic acids is 2. The molecule has 0 aliphatic carbocycles. The molecule has 3 heterocycles. The fourth-order valence-corrected chi connectivity index (χ4v) is 5.00. The number of nitrogens with one attached hydrogen (secondary N) is 2. The molecule has 2 aromatic rings. The molecule has 27 heavy (non-hydrogen) atoms. The van der Waals surface area contributed by atoms with Crippen LogP contribution in [-0.2, 0) is 23.7 Å². The van der Waals surface area contributed by atoms with E-state index in [9.17, 15) is 9.59 Å². The number of hydrogen-bond donors (Lipinski definition) is 2. The summed E-state index contributed by atoms with van der Waals surface area (Å²) in [4.78, 5) is 26.4. The summed E-state index contributed by atoms with van der Waals surface area (Å²) in [5.41, 5.74) is 1.21. The minimum Gasteiger partial charge on any atom is -0.462 e. The summed E-state index contributed by atoms with van der Waals surface area (Å²) >= 11 is 1.42. The lowest BCUT2D eigenvalue weighted by Gasteiger charge is -2.42. The first-order chi connectivity index (χ1) is 12.5. The molecule has 146 valence electrons. The zero-order valence-electron chi connectivity index (χ0n) is 16.6. The van der Waals surface area contributed by atoms with E-state index in [1.165, 1.54) is 11.3 Å². The van der Waals surface area contributed by atoms with E-state index < -0.39 is 5.97 Å². The summed E-state index contributed by atoms with van der Waals surface area (Å²) in [5, 5.41) is 11.1. The van der Waals surface area contributed by atoms with Gasteiger partial charge in [-0.1, -0.05) is 0 Å². The fraction of sp³-hybridized carbons (Fsp3) is 0.526. The highest BCUT2D eigenvalue weighted by Gasteiger charge is 2.42. The third-order valence-electron chi connectivity index (χ3n) is 4.50. The number of aryl methyl sites for hydroxylation is 1. The van der Waals surface area contributed by atoms with Gasteiger partial charge in [0.05, 0.1) is 12.2 Å². The molecule has 3 rings (SSSR count). The number of ether oxygens (including phenoxy) is 1. The summed E-state index contributed by atoms with van der Waals surface area (Å²) < 4.78 is 6.86. The summed E-state index contributed by atoms with van der Waals surface area (Å²) in [6.45, 7) is 10.4. The Morgan fingerprint density at radius 3 is 2.67 bits per heavy atom. The molecule has 0 atom stereocenters. The summed E-state index contributed by atoms with van der Waals surface area (Å²) in [6.07, 6.45) is 2.38. The van der Waals surface area contributed by atoms with Crippen LogP contribution < -0.4 is 10.6 Å². The van der Waals surface area contributed by atoms with Crippen LogP contribution >= 0.6 is 11.3 Å². The second-order valence-corrected chi connectivity index (χ2v) is 8.99. The lowest BCUT2D eigenvalue weighted by Crippen LogP contribution is -2.55. The predicted molar refractivity (Wildman–Crippen MR) is 105 cm³/mol. The molecule has 2 N–H and O–H groups in total. The van der Waals surface area contributed by atoms with E-state index in [1.807, 2.05) is 0 Å². The third-order valence-corrected chi connectivity index (χ3v) is 5.97. The number of thiophene rings is 1. The number of amides is 1. The van der Waals surface area contributed by atoms with Gasteiger partial charge >= 0.3 is 5.97 Å². The van der Waals surface area contributed by atoms with E-state index in [4.69, 9.17) is 4.74 Å². The molecule has 1 amide bonds. The number of carbonyl (C=O) groups is 2. The number of rotatable bonds is 4. The Labute approximate surface area is 163 Å². The molecule has 2 aromatic heterocycles. The van der Waals surface area contributed by atoms with Crippen LogP contribution in [0.2, 0.25) is 0 Å². The first-order valence-corrected chi connectivity index (χ1v) is 9.79. The molecular weight excluding hydrogens is 364 g/mol. The zero-order valence-corrected chi connectivity index (χ0v) is 17.4. The van der Waals surface area contributed by atoms with Crippen molar-refractivity contribution in [3.05, 3.63) is 34.0 Å². The largest absolute Gasteiger partial charge is 0.462 e. The van der Waals surface area contributed by atoms with Crippen molar-refractivity contribution in [3.8, 4) is 0 Å². The lowest BCUT2D eigenvalue weighted by molar-refractivity contribution is 0.0526. The van der Waals surface area contributed by atoms with Crippen molar-refractivity contribution < 1.29 is 14.3 Å². The third kappa shape index (κ3) is 3.77. The Balaban J connectivity index is 2.07. The summed E-state index contributed by atoms with van der Waals surface area (Å²) in [7, 11) is 1.75. The second kappa shape index (κ2) is 6.76. The first kappa shape index (κ1) is 19.6. The van der Waals surface area contributed by atoms with Crippen LogP contribution in [0.5, 0.6) is 0 Å². The van der Waals surface area contributed by atoms with Crippen LogP contribution in [0.1, 0.15) is 65.9 Å². The van der Waals surface area contributed by atoms with Crippen molar-refractivity contribution in [2.24, 2.45) is 7.05 Å². The maximum absolute atomic E-state index is 12.7. The molecule has 0 spiro atoms. The van der Waals surface area contributed by atoms with Gasteiger partial charge in [0.25, 0.3) is 5.91 Å². The van der Waals surface area contributed by atoms with Gasteiger partial charge in [0.2, 0.25) is 0 Å². The molecule has 8 heteroatoms. The smallest absolute Gasteiger partial charge is 0.341 e. The fourth-order valence-electron chi connectivity index (χ4n) is 3.74. The topological polar surface area (TPSA) is 85.2 Å². The average Bonchev–Trinajstić information content (AvgIpc) is 3.10. The van der Waals surface area contributed by atoms with Gasteiger partial charge in [0, 0.05) is 29.2 Å². The Morgan fingerprint density at radius 1 is 1.37 bits per heavy atom. The molecular formula is C19H26N4O3S. The number of esters is 1. The normalized spacial score (nSPS) is 17.3. The number of fused-ring (bicyclic) bond motifs is 1. The van der Waals surface area contributed by atoms with E-state index in [-0.39, 0.29) is 23.6 Å². The van der Waals surface area contributed by atoms with Crippen LogP contribution in [0, 0.1) is 0 Å². The summed E-state index contributed by atoms with van der Waals surface area (Å²) in [5.74, 6) is -0.746. The highest BCUT2D eigenvalue weighted by atomic mass is 32.1. The Hall–Kier alpha value is -2.19. The Bertz CT molecular complexity index is 895.